The minimum atomic E-state index is -0.523. The molecule has 0 spiro atoms. The number of nitrogens with two attached hydrogens (primary N) is 1. The standard InChI is InChI=1S/C19H31NO2/c1-11(2)15(20)16(21)12-9-13(18(3,4)5)17(22)14(10-12)19(6,7)8/h9-11,15,22H,20H2,1-8H3. The number of carbonyl (C=O) groups excluding carboxylic acids is 1. The molecule has 1 unspecified atom stereocenters. The number of hydrogen-bond acceptors (Lipinski definition) is 3. The largest absolute Gasteiger partial charge is 0.507 e. The summed E-state index contributed by atoms with van der Waals surface area (Å²) in [5, 5.41) is 10.7. The molecule has 124 valence electrons. The van der Waals surface area contributed by atoms with Crippen LogP contribution in [0.4, 0.5) is 0 Å². The van der Waals surface area contributed by atoms with E-state index in [0.29, 0.717) is 5.56 Å². The minimum absolute atomic E-state index is 0.0639. The molecule has 0 aliphatic rings. The fraction of sp³-hybridized carbons (Fsp3) is 0.632. The van der Waals surface area contributed by atoms with Crippen LogP contribution in [0, 0.1) is 5.92 Å². The van der Waals surface area contributed by atoms with Gasteiger partial charge in [-0.1, -0.05) is 55.4 Å². The maximum atomic E-state index is 12.6. The average Bonchev–Trinajstić information content (AvgIpc) is 2.34. The number of benzene rings is 1. The van der Waals surface area contributed by atoms with E-state index >= 15 is 0 Å². The second-order valence-corrected chi connectivity index (χ2v) is 8.55. The Bertz CT molecular complexity index is 525. The first-order valence-electron chi connectivity index (χ1n) is 7.94. The van der Waals surface area contributed by atoms with Gasteiger partial charge in [0, 0.05) is 16.7 Å². The van der Waals surface area contributed by atoms with E-state index in [2.05, 4.69) is 0 Å². The normalized spacial score (nSPS) is 14.3. The van der Waals surface area contributed by atoms with Crippen LogP contribution in [0.3, 0.4) is 0 Å². The summed E-state index contributed by atoms with van der Waals surface area (Å²) in [5.41, 5.74) is 7.71. The first-order valence-corrected chi connectivity index (χ1v) is 7.94. The molecule has 0 aliphatic heterocycles. The molecule has 1 atom stereocenters. The van der Waals surface area contributed by atoms with Crippen LogP contribution in [0.25, 0.3) is 0 Å². The van der Waals surface area contributed by atoms with Gasteiger partial charge in [0.1, 0.15) is 5.75 Å². The van der Waals surface area contributed by atoms with E-state index in [4.69, 9.17) is 5.73 Å². The molecule has 3 nitrogen and oxygen atoms in total. The van der Waals surface area contributed by atoms with Crippen LogP contribution in [-0.2, 0) is 10.8 Å². The number of ketones is 1. The lowest BCUT2D eigenvalue weighted by atomic mass is 9.77. The molecule has 0 bridgehead atoms. The summed E-state index contributed by atoms with van der Waals surface area (Å²) < 4.78 is 0. The van der Waals surface area contributed by atoms with E-state index in [0.717, 1.165) is 11.1 Å². The Morgan fingerprint density at radius 1 is 1.00 bits per heavy atom. The summed E-state index contributed by atoms with van der Waals surface area (Å²) in [6, 6.07) is 3.08. The molecule has 0 aromatic heterocycles. The van der Waals surface area contributed by atoms with E-state index in [9.17, 15) is 9.90 Å². The molecule has 3 heteroatoms. The van der Waals surface area contributed by atoms with Crippen LogP contribution in [0.2, 0.25) is 0 Å². The Kier molecular flexibility index (Phi) is 5.13. The van der Waals surface area contributed by atoms with Gasteiger partial charge in [0.25, 0.3) is 0 Å². The first kappa shape index (κ1) is 18.7. The fourth-order valence-electron chi connectivity index (χ4n) is 2.42. The van der Waals surface area contributed by atoms with Crippen LogP contribution >= 0.6 is 0 Å². The predicted molar refractivity (Wildman–Crippen MR) is 92.7 cm³/mol. The van der Waals surface area contributed by atoms with Crippen molar-refractivity contribution < 1.29 is 9.90 Å². The number of carbonyl (C=O) groups is 1. The highest BCUT2D eigenvalue weighted by atomic mass is 16.3. The summed E-state index contributed by atoms with van der Waals surface area (Å²) in [6.07, 6.45) is 0. The van der Waals surface area contributed by atoms with Gasteiger partial charge in [0.2, 0.25) is 0 Å². The van der Waals surface area contributed by atoms with Crippen LogP contribution in [0.5, 0.6) is 5.75 Å². The van der Waals surface area contributed by atoms with Crippen molar-refractivity contribution >= 4 is 5.78 Å². The third-order valence-corrected chi connectivity index (χ3v) is 4.03. The van der Waals surface area contributed by atoms with Crippen molar-refractivity contribution in [2.75, 3.05) is 0 Å². The molecule has 3 N–H and O–H groups in total. The Morgan fingerprint density at radius 2 is 1.36 bits per heavy atom. The zero-order chi connectivity index (χ0) is 17.5. The Balaban J connectivity index is 3.58. The van der Waals surface area contributed by atoms with Gasteiger partial charge in [-0.25, -0.2) is 0 Å². The first-order chi connectivity index (χ1) is 9.76. The summed E-state index contributed by atoms with van der Waals surface area (Å²) >= 11 is 0. The van der Waals surface area contributed by atoms with E-state index < -0.39 is 6.04 Å². The molecule has 0 radical (unpaired) electrons. The monoisotopic (exact) mass is 305 g/mol. The lowest BCUT2D eigenvalue weighted by Crippen LogP contribution is -2.36. The average molecular weight is 305 g/mol. The van der Waals surface area contributed by atoms with Crippen molar-refractivity contribution in [1.29, 1.82) is 0 Å². The highest BCUT2D eigenvalue weighted by Crippen LogP contribution is 2.40. The summed E-state index contributed by atoms with van der Waals surface area (Å²) in [6.45, 7) is 16.1. The van der Waals surface area contributed by atoms with E-state index in [1.807, 2.05) is 55.4 Å². The lowest BCUT2D eigenvalue weighted by Gasteiger charge is -2.28. The van der Waals surface area contributed by atoms with Crippen LogP contribution in [-0.4, -0.2) is 16.9 Å². The summed E-state index contributed by atoms with van der Waals surface area (Å²) in [5.74, 6) is 0.304. The molecule has 0 heterocycles. The van der Waals surface area contributed by atoms with E-state index in [1.54, 1.807) is 12.1 Å². The Morgan fingerprint density at radius 3 is 1.64 bits per heavy atom. The van der Waals surface area contributed by atoms with Crippen molar-refractivity contribution in [3.63, 3.8) is 0 Å². The van der Waals surface area contributed by atoms with Gasteiger partial charge >= 0.3 is 0 Å². The van der Waals surface area contributed by atoms with Crippen molar-refractivity contribution in [1.82, 2.24) is 0 Å². The third kappa shape index (κ3) is 3.89. The molecular formula is C19H31NO2. The highest BCUT2D eigenvalue weighted by molar-refractivity contribution is 6.00. The quantitative estimate of drug-likeness (QED) is 0.824. The summed E-state index contributed by atoms with van der Waals surface area (Å²) in [4.78, 5) is 12.6. The molecular weight excluding hydrogens is 274 g/mol. The van der Waals surface area contributed by atoms with Crippen LogP contribution in [0.1, 0.15) is 76.9 Å². The Labute approximate surface area is 134 Å². The highest BCUT2D eigenvalue weighted by Gasteiger charge is 2.29. The van der Waals surface area contributed by atoms with Crippen molar-refractivity contribution in [3.05, 3.63) is 28.8 Å². The van der Waals surface area contributed by atoms with E-state index in [1.165, 1.54) is 0 Å². The number of phenols is 1. The number of Topliss-reactive ketones (excluding diaryl/α,β-unsaturated/α-hetero) is 1. The molecule has 1 aromatic carbocycles. The molecule has 22 heavy (non-hydrogen) atoms. The lowest BCUT2D eigenvalue weighted by molar-refractivity contribution is 0.0940. The molecule has 0 saturated carbocycles. The number of aromatic hydroxyl groups is 1. The summed E-state index contributed by atoms with van der Waals surface area (Å²) in [7, 11) is 0. The SMILES string of the molecule is CC(C)C(N)C(=O)c1cc(C(C)(C)C)c(O)c(C(C)(C)C)c1. The maximum Gasteiger partial charge on any atom is 0.179 e. The predicted octanol–water partition coefficient (Wildman–Crippen LogP) is 4.15. The van der Waals surface area contributed by atoms with Crippen molar-refractivity contribution in [2.24, 2.45) is 11.7 Å². The van der Waals surface area contributed by atoms with Crippen molar-refractivity contribution in [3.8, 4) is 5.75 Å². The Hall–Kier alpha value is -1.35. The van der Waals surface area contributed by atoms with Gasteiger partial charge in [-0.05, 0) is 28.9 Å². The van der Waals surface area contributed by atoms with Gasteiger partial charge < -0.3 is 10.8 Å². The molecule has 0 aliphatic carbocycles. The third-order valence-electron chi connectivity index (χ3n) is 4.03. The molecule has 0 amide bonds. The number of phenolic OH excluding ortho intramolecular Hbond substituents is 1. The van der Waals surface area contributed by atoms with Gasteiger partial charge in [0.05, 0.1) is 6.04 Å². The van der Waals surface area contributed by atoms with Gasteiger partial charge in [0.15, 0.2) is 5.78 Å². The zero-order valence-electron chi connectivity index (χ0n) is 15.2. The second-order valence-electron chi connectivity index (χ2n) is 8.55. The molecule has 0 saturated heterocycles. The van der Waals surface area contributed by atoms with Gasteiger partial charge in [-0.15, -0.1) is 0 Å². The topological polar surface area (TPSA) is 63.3 Å². The van der Waals surface area contributed by atoms with Gasteiger partial charge in [-0.3, -0.25) is 4.79 Å². The molecule has 1 rings (SSSR count). The number of hydrogen-bond donors (Lipinski definition) is 2. The zero-order valence-corrected chi connectivity index (χ0v) is 15.2. The molecule has 0 fully saturated rings. The second kappa shape index (κ2) is 6.04. The van der Waals surface area contributed by atoms with E-state index in [-0.39, 0.29) is 28.3 Å². The molecule has 1 aromatic rings. The smallest absolute Gasteiger partial charge is 0.179 e. The number of rotatable bonds is 3. The minimum Gasteiger partial charge on any atom is -0.507 e. The fourth-order valence-corrected chi connectivity index (χ4v) is 2.42. The van der Waals surface area contributed by atoms with Crippen LogP contribution in [0.15, 0.2) is 12.1 Å². The van der Waals surface area contributed by atoms with Gasteiger partial charge in [-0.2, -0.15) is 0 Å². The van der Waals surface area contributed by atoms with Crippen molar-refractivity contribution in [2.45, 2.75) is 72.3 Å². The maximum absolute atomic E-state index is 12.6. The van der Waals surface area contributed by atoms with Crippen LogP contribution < -0.4 is 5.73 Å².